The Morgan fingerprint density at radius 2 is 1.53 bits per heavy atom. The van der Waals surface area contributed by atoms with E-state index in [-0.39, 0.29) is 5.91 Å². The smallest absolute Gasteiger partial charge is 0.270 e. The minimum atomic E-state index is -0.253. The number of nitrogens with zero attached hydrogens (tertiary/aromatic N) is 3. The molecule has 5 aromatic rings. The minimum absolute atomic E-state index is 0.253. The average Bonchev–Trinajstić information content (AvgIpc) is 3.41. The predicted octanol–water partition coefficient (Wildman–Crippen LogP) is 5.06. The van der Waals surface area contributed by atoms with E-state index < -0.39 is 0 Å². The number of ether oxygens (including phenoxy) is 3. The van der Waals surface area contributed by atoms with Crippen molar-refractivity contribution in [1.82, 2.24) is 19.9 Å². The van der Waals surface area contributed by atoms with Crippen molar-refractivity contribution in [3.63, 3.8) is 0 Å². The maximum Gasteiger partial charge on any atom is 0.270 e. The van der Waals surface area contributed by atoms with E-state index in [4.69, 9.17) is 24.3 Å². The molecule has 2 aromatic heterocycles. The third-order valence-corrected chi connectivity index (χ3v) is 6.26. The number of methoxy groups -OCH3 is 3. The molecule has 0 saturated carbocycles. The fourth-order valence-electron chi connectivity index (χ4n) is 4.33. The maximum atomic E-state index is 13.5. The number of para-hydroxylation sites is 1. The Morgan fingerprint density at radius 1 is 0.789 bits per heavy atom. The number of fused-ring (bicyclic) bond motifs is 1. The Hall–Kier alpha value is -4.85. The Bertz CT molecular complexity index is 1580. The molecule has 0 atom stereocenters. The zero-order chi connectivity index (χ0) is 26.5. The lowest BCUT2D eigenvalue weighted by atomic mass is 10.1. The third kappa shape index (κ3) is 5.01. The molecule has 1 N–H and O–H groups in total. The highest BCUT2D eigenvalue weighted by atomic mass is 16.5. The summed E-state index contributed by atoms with van der Waals surface area (Å²) in [5.74, 6) is 1.73. The van der Waals surface area contributed by atoms with Crippen LogP contribution in [-0.4, -0.2) is 48.4 Å². The van der Waals surface area contributed by atoms with Gasteiger partial charge in [0.15, 0.2) is 17.1 Å². The Labute approximate surface area is 220 Å². The van der Waals surface area contributed by atoms with E-state index in [1.165, 1.54) is 0 Å². The molecule has 2 heterocycles. The lowest BCUT2D eigenvalue weighted by molar-refractivity contribution is 0.0946. The van der Waals surface area contributed by atoms with E-state index in [0.29, 0.717) is 47.2 Å². The molecule has 0 radical (unpaired) electrons. The lowest BCUT2D eigenvalue weighted by Gasteiger charge is -2.12. The van der Waals surface area contributed by atoms with Gasteiger partial charge in [-0.05, 0) is 42.3 Å². The van der Waals surface area contributed by atoms with Crippen LogP contribution in [0.25, 0.3) is 28.2 Å². The molecule has 0 aliphatic rings. The van der Waals surface area contributed by atoms with Gasteiger partial charge >= 0.3 is 0 Å². The Kier molecular flexibility index (Phi) is 7.21. The third-order valence-electron chi connectivity index (χ3n) is 6.26. The number of rotatable bonds is 9. The summed E-state index contributed by atoms with van der Waals surface area (Å²) in [5, 5.41) is 7.75. The summed E-state index contributed by atoms with van der Waals surface area (Å²) in [6.07, 6.45) is 0.619. The zero-order valence-corrected chi connectivity index (χ0v) is 21.5. The molecule has 8 heteroatoms. The Morgan fingerprint density at radius 3 is 2.29 bits per heavy atom. The molecule has 38 heavy (non-hydrogen) atoms. The highest BCUT2D eigenvalue weighted by Crippen LogP contribution is 2.30. The molecule has 3 aromatic carbocycles. The van der Waals surface area contributed by atoms with Crippen molar-refractivity contribution >= 4 is 11.6 Å². The van der Waals surface area contributed by atoms with Crippen LogP contribution in [0, 0.1) is 0 Å². The van der Waals surface area contributed by atoms with Gasteiger partial charge in [0, 0.05) is 23.7 Å². The van der Waals surface area contributed by atoms with Crippen LogP contribution in [0.1, 0.15) is 16.1 Å². The highest BCUT2D eigenvalue weighted by Gasteiger charge is 2.18. The Balaban J connectivity index is 1.48. The van der Waals surface area contributed by atoms with Gasteiger partial charge in [0.1, 0.15) is 11.4 Å². The van der Waals surface area contributed by atoms with E-state index in [1.807, 2.05) is 78.9 Å². The number of hydrogen-bond acceptors (Lipinski definition) is 6. The van der Waals surface area contributed by atoms with Crippen LogP contribution in [0.15, 0.2) is 84.9 Å². The molecule has 192 valence electrons. The first-order chi connectivity index (χ1) is 18.6. The van der Waals surface area contributed by atoms with Gasteiger partial charge in [-0.15, -0.1) is 0 Å². The van der Waals surface area contributed by atoms with Crippen LogP contribution in [0.2, 0.25) is 0 Å². The van der Waals surface area contributed by atoms with Gasteiger partial charge in [0.25, 0.3) is 5.91 Å². The van der Waals surface area contributed by atoms with Crippen LogP contribution in [0.3, 0.4) is 0 Å². The second-order valence-electron chi connectivity index (χ2n) is 8.59. The summed E-state index contributed by atoms with van der Waals surface area (Å²) in [7, 11) is 4.82. The second-order valence-corrected chi connectivity index (χ2v) is 8.59. The van der Waals surface area contributed by atoms with Gasteiger partial charge in [-0.1, -0.05) is 48.5 Å². The van der Waals surface area contributed by atoms with Crippen LogP contribution in [0.4, 0.5) is 0 Å². The molecule has 0 spiro atoms. The van der Waals surface area contributed by atoms with Crippen LogP contribution in [0.5, 0.6) is 17.2 Å². The normalized spacial score (nSPS) is 10.8. The molecule has 5 rings (SSSR count). The van der Waals surface area contributed by atoms with Crippen molar-refractivity contribution < 1.29 is 19.0 Å². The molecular weight excluding hydrogens is 480 g/mol. The summed E-state index contributed by atoms with van der Waals surface area (Å²) < 4.78 is 17.8. The van der Waals surface area contributed by atoms with E-state index in [2.05, 4.69) is 5.32 Å². The SMILES string of the molecule is COc1ccc(CCNC(=O)c2cc(-c3ccccc3OC)nc3cc(-c4ccccc4)nn23)cc1OC. The first-order valence-electron chi connectivity index (χ1n) is 12.2. The predicted molar refractivity (Wildman–Crippen MR) is 146 cm³/mol. The molecule has 1 amide bonds. The fraction of sp³-hybridized carbons (Fsp3) is 0.167. The fourth-order valence-corrected chi connectivity index (χ4v) is 4.33. The van der Waals surface area contributed by atoms with Crippen molar-refractivity contribution in [1.29, 1.82) is 0 Å². The van der Waals surface area contributed by atoms with Crippen molar-refractivity contribution in [2.45, 2.75) is 6.42 Å². The molecule has 8 nitrogen and oxygen atoms in total. The lowest BCUT2D eigenvalue weighted by Crippen LogP contribution is -2.28. The molecule has 0 saturated heterocycles. The quantitative estimate of drug-likeness (QED) is 0.299. The van der Waals surface area contributed by atoms with Crippen molar-refractivity contribution in [2.24, 2.45) is 0 Å². The van der Waals surface area contributed by atoms with Crippen LogP contribution >= 0.6 is 0 Å². The topological polar surface area (TPSA) is 87.0 Å². The molecule has 0 fully saturated rings. The molecule has 0 unspecified atom stereocenters. The van der Waals surface area contributed by atoms with Gasteiger partial charge in [0.05, 0.1) is 32.7 Å². The van der Waals surface area contributed by atoms with Crippen LogP contribution < -0.4 is 19.5 Å². The molecular formula is C30H28N4O4. The number of nitrogens with one attached hydrogen (secondary N) is 1. The minimum Gasteiger partial charge on any atom is -0.496 e. The van der Waals surface area contributed by atoms with Crippen molar-refractivity contribution in [3.05, 3.63) is 96.2 Å². The second kappa shape index (κ2) is 11.0. The first-order valence-corrected chi connectivity index (χ1v) is 12.2. The van der Waals surface area contributed by atoms with E-state index in [0.717, 1.165) is 22.4 Å². The highest BCUT2D eigenvalue weighted by molar-refractivity contribution is 5.94. The number of carbonyl (C=O) groups is 1. The molecule has 0 bridgehead atoms. The summed E-state index contributed by atoms with van der Waals surface area (Å²) >= 11 is 0. The van der Waals surface area contributed by atoms with Gasteiger partial charge in [-0.25, -0.2) is 9.50 Å². The molecule has 0 aliphatic carbocycles. The van der Waals surface area contributed by atoms with Crippen molar-refractivity contribution in [2.75, 3.05) is 27.9 Å². The number of hydrogen-bond donors (Lipinski definition) is 1. The number of amides is 1. The first kappa shape index (κ1) is 24.8. The number of aromatic nitrogens is 3. The standard InChI is InChI=1S/C30H28N4O4/c1-36-26-12-8-7-11-22(26)24-18-25(34-29(32-24)19-23(33-34)21-9-5-4-6-10-21)30(35)31-16-15-20-13-14-27(37-2)28(17-20)38-3/h4-14,17-19H,15-16H2,1-3H3,(H,31,35). The zero-order valence-electron chi connectivity index (χ0n) is 21.5. The largest absolute Gasteiger partial charge is 0.496 e. The van der Waals surface area contributed by atoms with E-state index in [9.17, 15) is 4.79 Å². The maximum absolute atomic E-state index is 13.5. The van der Waals surface area contributed by atoms with E-state index >= 15 is 0 Å². The summed E-state index contributed by atoms with van der Waals surface area (Å²) in [4.78, 5) is 18.3. The summed E-state index contributed by atoms with van der Waals surface area (Å²) in [5.41, 5.74) is 5.05. The van der Waals surface area contributed by atoms with Gasteiger partial charge in [-0.2, -0.15) is 5.10 Å². The van der Waals surface area contributed by atoms with Gasteiger partial charge in [0.2, 0.25) is 0 Å². The average molecular weight is 509 g/mol. The van der Waals surface area contributed by atoms with Crippen molar-refractivity contribution in [3.8, 4) is 39.8 Å². The number of benzene rings is 3. The van der Waals surface area contributed by atoms with Crippen LogP contribution in [-0.2, 0) is 6.42 Å². The van der Waals surface area contributed by atoms with Gasteiger partial charge in [-0.3, -0.25) is 4.79 Å². The molecule has 0 aliphatic heterocycles. The van der Waals surface area contributed by atoms with Gasteiger partial charge < -0.3 is 19.5 Å². The van der Waals surface area contributed by atoms with E-state index in [1.54, 1.807) is 31.9 Å². The number of carbonyl (C=O) groups excluding carboxylic acids is 1. The summed E-state index contributed by atoms with van der Waals surface area (Å²) in [6, 6.07) is 26.8. The monoisotopic (exact) mass is 508 g/mol. The summed E-state index contributed by atoms with van der Waals surface area (Å²) in [6.45, 7) is 0.426.